The molecule has 1 fully saturated rings. The van der Waals surface area contributed by atoms with Gasteiger partial charge in [0.2, 0.25) is 0 Å². The monoisotopic (exact) mass is 229 g/mol. The Morgan fingerprint density at radius 1 is 1.47 bits per heavy atom. The minimum Gasteiger partial charge on any atom is -0.366 e. The highest BCUT2D eigenvalue weighted by Gasteiger charge is 2.23. The zero-order valence-corrected chi connectivity index (χ0v) is 9.50. The molecule has 0 bridgehead atoms. The van der Waals surface area contributed by atoms with E-state index in [9.17, 15) is 8.42 Å². The van der Waals surface area contributed by atoms with Gasteiger partial charge >= 0.3 is 0 Å². The quantitative estimate of drug-likeness (QED) is 0.797. The molecule has 1 aromatic rings. The Kier molecular flexibility index (Phi) is 2.68. The molecule has 2 heterocycles. The molecule has 1 saturated heterocycles. The van der Waals surface area contributed by atoms with Gasteiger partial charge in [-0.25, -0.2) is 8.42 Å². The number of nitrogens with zero attached hydrogens (tertiary/aromatic N) is 2. The molecule has 0 saturated carbocycles. The summed E-state index contributed by atoms with van der Waals surface area (Å²) >= 11 is 0. The van der Waals surface area contributed by atoms with Crippen LogP contribution in [0, 0.1) is 0 Å². The highest BCUT2D eigenvalue weighted by molar-refractivity contribution is 7.91. The zero-order valence-electron chi connectivity index (χ0n) is 8.68. The van der Waals surface area contributed by atoms with E-state index < -0.39 is 9.84 Å². The second-order valence-electron chi connectivity index (χ2n) is 3.95. The van der Waals surface area contributed by atoms with Gasteiger partial charge in [0.1, 0.15) is 15.7 Å². The summed E-state index contributed by atoms with van der Waals surface area (Å²) in [7, 11) is -0.911. The normalized spacial score (nSPS) is 21.4. The van der Waals surface area contributed by atoms with E-state index in [2.05, 4.69) is 10.4 Å². The number of rotatable bonds is 2. The molecular formula is C9H15N3O2S. The Bertz CT molecular complexity index is 424. The number of aryl methyl sites for hydroxylation is 1. The third-order valence-corrected chi connectivity index (χ3v) is 4.34. The van der Waals surface area contributed by atoms with Crippen molar-refractivity contribution in [2.24, 2.45) is 7.05 Å². The van der Waals surface area contributed by atoms with Crippen molar-refractivity contribution in [2.75, 3.05) is 16.8 Å². The van der Waals surface area contributed by atoms with Crippen LogP contribution >= 0.6 is 0 Å². The number of nitrogens with one attached hydrogen (secondary N) is 1. The summed E-state index contributed by atoms with van der Waals surface area (Å²) in [5, 5.41) is 7.44. The summed E-state index contributed by atoms with van der Waals surface area (Å²) < 4.78 is 24.1. The molecule has 0 radical (unpaired) electrons. The van der Waals surface area contributed by atoms with Crippen molar-refractivity contribution in [3.05, 3.63) is 12.3 Å². The fraction of sp³-hybridized carbons (Fsp3) is 0.667. The molecule has 0 atom stereocenters. The van der Waals surface area contributed by atoms with Gasteiger partial charge < -0.3 is 5.32 Å². The van der Waals surface area contributed by atoms with Gasteiger partial charge in [0, 0.05) is 25.4 Å². The van der Waals surface area contributed by atoms with E-state index in [1.807, 2.05) is 19.3 Å². The minimum atomic E-state index is -2.77. The average Bonchev–Trinajstić information content (AvgIpc) is 2.55. The van der Waals surface area contributed by atoms with Crippen molar-refractivity contribution in [3.8, 4) is 0 Å². The number of hydrogen-bond acceptors (Lipinski definition) is 4. The number of aromatic nitrogens is 2. The van der Waals surface area contributed by atoms with Crippen LogP contribution in [0.5, 0.6) is 0 Å². The smallest absolute Gasteiger partial charge is 0.150 e. The Balaban J connectivity index is 1.92. The van der Waals surface area contributed by atoms with Crippen LogP contribution in [0.4, 0.5) is 5.82 Å². The van der Waals surface area contributed by atoms with Crippen molar-refractivity contribution >= 4 is 15.7 Å². The largest absolute Gasteiger partial charge is 0.366 e. The van der Waals surface area contributed by atoms with Gasteiger partial charge in [0.25, 0.3) is 0 Å². The van der Waals surface area contributed by atoms with Gasteiger partial charge in [-0.1, -0.05) is 0 Å². The number of anilines is 1. The van der Waals surface area contributed by atoms with Gasteiger partial charge in [-0.05, 0) is 12.8 Å². The molecule has 6 heteroatoms. The molecule has 1 N–H and O–H groups in total. The second kappa shape index (κ2) is 3.84. The van der Waals surface area contributed by atoms with E-state index in [4.69, 9.17) is 0 Å². The molecule has 1 aromatic heterocycles. The van der Waals surface area contributed by atoms with Gasteiger partial charge in [-0.3, -0.25) is 4.68 Å². The van der Waals surface area contributed by atoms with Gasteiger partial charge in [0.15, 0.2) is 0 Å². The van der Waals surface area contributed by atoms with Crippen LogP contribution in [0.15, 0.2) is 12.3 Å². The van der Waals surface area contributed by atoms with Crippen LogP contribution in [0.3, 0.4) is 0 Å². The van der Waals surface area contributed by atoms with E-state index in [1.165, 1.54) is 0 Å². The lowest BCUT2D eigenvalue weighted by Crippen LogP contribution is -2.32. The molecular weight excluding hydrogens is 214 g/mol. The van der Waals surface area contributed by atoms with Crippen molar-refractivity contribution in [3.63, 3.8) is 0 Å². The molecule has 1 aliphatic heterocycles. The van der Waals surface area contributed by atoms with E-state index >= 15 is 0 Å². The van der Waals surface area contributed by atoms with E-state index in [-0.39, 0.29) is 17.5 Å². The van der Waals surface area contributed by atoms with Crippen LogP contribution in [-0.2, 0) is 16.9 Å². The van der Waals surface area contributed by atoms with Crippen LogP contribution in [0.25, 0.3) is 0 Å². The molecule has 15 heavy (non-hydrogen) atoms. The highest BCUT2D eigenvalue weighted by Crippen LogP contribution is 2.16. The lowest BCUT2D eigenvalue weighted by atomic mass is 10.1. The molecule has 0 unspecified atom stereocenters. The first-order valence-electron chi connectivity index (χ1n) is 5.02. The maximum atomic E-state index is 11.2. The Morgan fingerprint density at radius 2 is 2.13 bits per heavy atom. The summed E-state index contributed by atoms with van der Waals surface area (Å²) in [6.07, 6.45) is 3.22. The molecule has 0 amide bonds. The van der Waals surface area contributed by atoms with Crippen molar-refractivity contribution in [1.82, 2.24) is 9.78 Å². The topological polar surface area (TPSA) is 64.0 Å². The Morgan fingerprint density at radius 3 is 2.67 bits per heavy atom. The Labute approximate surface area is 89.4 Å². The second-order valence-corrected chi connectivity index (χ2v) is 6.25. The molecule has 5 nitrogen and oxygen atoms in total. The van der Waals surface area contributed by atoms with Crippen LogP contribution in [0.1, 0.15) is 12.8 Å². The number of sulfone groups is 1. The summed E-state index contributed by atoms with van der Waals surface area (Å²) in [6, 6.07) is 2.13. The third kappa shape index (κ3) is 2.71. The fourth-order valence-electron chi connectivity index (χ4n) is 1.74. The fourth-order valence-corrected chi connectivity index (χ4v) is 3.23. The maximum absolute atomic E-state index is 11.2. The van der Waals surface area contributed by atoms with E-state index in [0.717, 1.165) is 5.82 Å². The molecule has 0 aliphatic carbocycles. The van der Waals surface area contributed by atoms with Gasteiger partial charge in [0.05, 0.1) is 11.5 Å². The third-order valence-electron chi connectivity index (χ3n) is 2.62. The lowest BCUT2D eigenvalue weighted by molar-refractivity contribution is 0.558. The van der Waals surface area contributed by atoms with Crippen molar-refractivity contribution in [1.29, 1.82) is 0 Å². The molecule has 2 rings (SSSR count). The van der Waals surface area contributed by atoms with E-state index in [1.54, 1.807) is 4.68 Å². The highest BCUT2D eigenvalue weighted by atomic mass is 32.2. The SMILES string of the molecule is Cn1ccc(NC2CCS(=O)(=O)CC2)n1. The Hall–Kier alpha value is -1.04. The first-order chi connectivity index (χ1) is 7.05. The molecule has 84 valence electrons. The van der Waals surface area contributed by atoms with Crippen LogP contribution in [0.2, 0.25) is 0 Å². The standard InChI is InChI=1S/C9H15N3O2S/c1-12-5-2-9(11-12)10-8-3-6-15(13,14)7-4-8/h2,5,8H,3-4,6-7H2,1H3,(H,10,11). The zero-order chi connectivity index (χ0) is 10.9. The minimum absolute atomic E-state index is 0.239. The first-order valence-corrected chi connectivity index (χ1v) is 6.84. The first kappa shape index (κ1) is 10.5. The molecule has 0 spiro atoms. The summed E-state index contributed by atoms with van der Waals surface area (Å²) in [6.45, 7) is 0. The number of hydrogen-bond donors (Lipinski definition) is 1. The van der Waals surface area contributed by atoms with Crippen molar-refractivity contribution < 1.29 is 8.42 Å². The van der Waals surface area contributed by atoms with Crippen molar-refractivity contribution in [2.45, 2.75) is 18.9 Å². The van der Waals surface area contributed by atoms with Crippen LogP contribution in [-0.4, -0.2) is 35.7 Å². The predicted octanol–water partition coefficient (Wildman–Crippen LogP) is 0.409. The van der Waals surface area contributed by atoms with Gasteiger partial charge in [-0.2, -0.15) is 5.10 Å². The average molecular weight is 229 g/mol. The summed E-state index contributed by atoms with van der Waals surface area (Å²) in [5.41, 5.74) is 0. The molecule has 0 aromatic carbocycles. The molecule has 1 aliphatic rings. The van der Waals surface area contributed by atoms with Crippen LogP contribution < -0.4 is 5.32 Å². The summed E-state index contributed by atoms with van der Waals surface area (Å²) in [4.78, 5) is 0. The predicted molar refractivity (Wildman–Crippen MR) is 58.5 cm³/mol. The van der Waals surface area contributed by atoms with E-state index in [0.29, 0.717) is 12.8 Å². The maximum Gasteiger partial charge on any atom is 0.150 e. The summed E-state index contributed by atoms with van der Waals surface area (Å²) in [5.74, 6) is 1.40. The lowest BCUT2D eigenvalue weighted by Gasteiger charge is -2.22. The van der Waals surface area contributed by atoms with Gasteiger partial charge in [-0.15, -0.1) is 0 Å².